The van der Waals surface area contributed by atoms with E-state index >= 15 is 0 Å². The Morgan fingerprint density at radius 2 is 1.76 bits per heavy atom. The molecule has 0 saturated heterocycles. The topological polar surface area (TPSA) is 90.8 Å². The van der Waals surface area contributed by atoms with Crippen molar-refractivity contribution in [2.75, 3.05) is 12.4 Å². The van der Waals surface area contributed by atoms with Crippen LogP contribution >= 0.6 is 22.6 Å². The number of ether oxygens (including phenoxy) is 1. The maximum atomic E-state index is 13.0. The Bertz CT molecular complexity index is 1070. The van der Waals surface area contributed by atoms with Gasteiger partial charge in [0.1, 0.15) is 11.5 Å². The fraction of sp³-hybridized carbons (Fsp3) is 0.269. The molecule has 0 heterocycles. The van der Waals surface area contributed by atoms with Crippen LogP contribution in [-0.4, -0.2) is 29.3 Å². The van der Waals surface area contributed by atoms with Crippen LogP contribution in [0.2, 0.25) is 0 Å². The van der Waals surface area contributed by atoms with Gasteiger partial charge in [0.05, 0.1) is 16.7 Å². The minimum Gasteiger partial charge on any atom is -0.508 e. The number of halogens is 1. The number of methoxy groups -OCH3 is 1. The Hall–Kier alpha value is -2.62. The Kier molecular flexibility index (Phi) is 8.34. The summed E-state index contributed by atoms with van der Waals surface area (Å²) < 4.78 is 4.58. The van der Waals surface area contributed by atoms with E-state index < -0.39 is 21.6 Å². The molecule has 0 saturated carbocycles. The van der Waals surface area contributed by atoms with Gasteiger partial charge in [0.15, 0.2) is 6.10 Å². The number of aryl methyl sites for hydroxylation is 1. The number of aromatic hydroxyl groups is 1. The molecule has 0 spiro atoms. The van der Waals surface area contributed by atoms with E-state index in [1.54, 1.807) is 6.07 Å². The second kappa shape index (κ2) is 11.0. The lowest BCUT2D eigenvalue weighted by Crippen LogP contribution is -2.46. The van der Waals surface area contributed by atoms with Gasteiger partial charge in [-0.15, -0.1) is 0 Å². The fourth-order valence-corrected chi connectivity index (χ4v) is 4.27. The molecule has 1 amide bonds. The summed E-state index contributed by atoms with van der Waals surface area (Å²) in [5.41, 5.74) is 3.38. The molecule has 3 aromatic carbocycles. The number of nitrogens with one attached hydrogen (secondary N) is 2. The summed E-state index contributed by atoms with van der Waals surface area (Å²) in [6.07, 6.45) is -0.443. The van der Waals surface area contributed by atoms with Gasteiger partial charge in [-0.05, 0) is 30.0 Å². The number of phenols is 1. The minimum atomic E-state index is -1.40. The number of carbonyl (C=O) groups is 1. The van der Waals surface area contributed by atoms with Gasteiger partial charge in [-0.3, -0.25) is 10.1 Å². The molecule has 3 aromatic rings. The van der Waals surface area contributed by atoms with Crippen LogP contribution in [-0.2, 0) is 14.8 Å². The first-order valence-electron chi connectivity index (χ1n) is 10.7. The van der Waals surface area contributed by atoms with Crippen LogP contribution in [0.15, 0.2) is 72.8 Å². The number of amides is 1. The Morgan fingerprint density at radius 3 is 2.36 bits per heavy atom. The maximum Gasteiger partial charge on any atom is 0.255 e. The van der Waals surface area contributed by atoms with Crippen molar-refractivity contribution in [3.63, 3.8) is 0 Å². The normalized spacial score (nSPS) is 14.7. The number of alkyl halides is 1. The molecule has 3 rings (SSSR count). The van der Waals surface area contributed by atoms with Gasteiger partial charge in [0.25, 0.3) is 5.91 Å². The largest absolute Gasteiger partial charge is 0.508 e. The first-order valence-corrected chi connectivity index (χ1v) is 11.8. The first-order chi connectivity index (χ1) is 15.7. The number of hydrogen-bond donors (Lipinski definition) is 4. The van der Waals surface area contributed by atoms with E-state index in [0.29, 0.717) is 11.4 Å². The second-order valence-electron chi connectivity index (χ2n) is 7.94. The average Bonchev–Trinajstić information content (AvgIpc) is 2.82. The summed E-state index contributed by atoms with van der Waals surface area (Å²) in [5, 5.41) is 27.1. The van der Waals surface area contributed by atoms with Crippen molar-refractivity contribution in [1.29, 1.82) is 0 Å². The van der Waals surface area contributed by atoms with E-state index in [4.69, 9.17) is 4.74 Å². The molecule has 33 heavy (non-hydrogen) atoms. The van der Waals surface area contributed by atoms with E-state index in [1.165, 1.54) is 24.8 Å². The Morgan fingerprint density at radius 1 is 1.09 bits per heavy atom. The molecule has 3 atom stereocenters. The predicted molar refractivity (Wildman–Crippen MR) is 139 cm³/mol. The molecular weight excluding hydrogens is 531 g/mol. The molecular formula is C26H29IN2O4. The molecule has 0 fully saturated rings. The SMILES string of the molecule is CCc1ccc(C(C)(I)N[C@@H](c2ccccc2)[C@@H](O)C(=O)Nc2cc(O)cc(OC)c2)cc1. The van der Waals surface area contributed by atoms with Crippen molar-refractivity contribution < 1.29 is 19.7 Å². The highest BCUT2D eigenvalue weighted by molar-refractivity contribution is 14.1. The number of carbonyl (C=O) groups excluding carboxylic acids is 1. The van der Waals surface area contributed by atoms with Crippen LogP contribution in [0.5, 0.6) is 11.5 Å². The third-order valence-electron chi connectivity index (χ3n) is 5.47. The number of benzene rings is 3. The third-order valence-corrected chi connectivity index (χ3v) is 6.40. The number of hydrogen-bond acceptors (Lipinski definition) is 5. The zero-order valence-corrected chi connectivity index (χ0v) is 21.0. The zero-order chi connectivity index (χ0) is 24.0. The van der Waals surface area contributed by atoms with E-state index in [-0.39, 0.29) is 5.75 Å². The number of phenolic OH excluding ortho intramolecular Hbond substituents is 1. The predicted octanol–water partition coefficient (Wildman–Crippen LogP) is 4.90. The number of anilines is 1. The summed E-state index contributed by atoms with van der Waals surface area (Å²) in [6, 6.07) is 21.4. The van der Waals surface area contributed by atoms with Gasteiger partial charge in [-0.25, -0.2) is 0 Å². The summed E-state index contributed by atoms with van der Waals surface area (Å²) in [4.78, 5) is 13.0. The Labute approximate surface area is 208 Å². The van der Waals surface area contributed by atoms with Crippen LogP contribution in [0.1, 0.15) is 36.6 Å². The van der Waals surface area contributed by atoms with E-state index in [0.717, 1.165) is 17.5 Å². The third kappa shape index (κ3) is 6.46. The smallest absolute Gasteiger partial charge is 0.255 e. The van der Waals surface area contributed by atoms with Gasteiger partial charge in [0, 0.05) is 23.9 Å². The highest BCUT2D eigenvalue weighted by Crippen LogP contribution is 2.34. The van der Waals surface area contributed by atoms with Crippen molar-refractivity contribution in [3.05, 3.63) is 89.5 Å². The molecule has 4 N–H and O–H groups in total. The van der Waals surface area contributed by atoms with Crippen molar-refractivity contribution in [2.24, 2.45) is 0 Å². The molecule has 174 valence electrons. The average molecular weight is 560 g/mol. The summed E-state index contributed by atoms with van der Waals surface area (Å²) in [6.45, 7) is 4.12. The van der Waals surface area contributed by atoms with E-state index in [2.05, 4.69) is 64.4 Å². The monoisotopic (exact) mass is 560 g/mol. The summed E-state index contributed by atoms with van der Waals surface area (Å²) >= 11 is 2.30. The quantitative estimate of drug-likeness (QED) is 0.170. The van der Waals surface area contributed by atoms with Gasteiger partial charge in [-0.2, -0.15) is 0 Å². The maximum absolute atomic E-state index is 13.0. The number of aliphatic hydroxyl groups is 1. The lowest BCUT2D eigenvalue weighted by Gasteiger charge is -2.33. The fourth-order valence-electron chi connectivity index (χ4n) is 3.57. The van der Waals surface area contributed by atoms with Crippen molar-refractivity contribution in [3.8, 4) is 11.5 Å². The standard InChI is InChI=1S/C26H29IN2O4/c1-4-17-10-12-19(13-11-17)26(2,27)29-23(18-8-6-5-7-9-18)24(31)25(32)28-20-14-21(30)16-22(15-20)33-3/h5-16,23-24,29-31H,4H2,1-3H3,(H,28,32)/t23-,24+,26?/m0/s1. The van der Waals surface area contributed by atoms with Gasteiger partial charge in [0.2, 0.25) is 0 Å². The highest BCUT2D eigenvalue weighted by Gasteiger charge is 2.34. The lowest BCUT2D eigenvalue weighted by molar-refractivity contribution is -0.125. The Balaban J connectivity index is 1.87. The molecule has 0 aliphatic rings. The molecule has 6 nitrogen and oxygen atoms in total. The van der Waals surface area contributed by atoms with Gasteiger partial charge >= 0.3 is 0 Å². The van der Waals surface area contributed by atoms with Crippen LogP contribution < -0.4 is 15.4 Å². The number of rotatable bonds is 9. The highest BCUT2D eigenvalue weighted by atomic mass is 127. The van der Waals surface area contributed by atoms with Crippen LogP contribution in [0.4, 0.5) is 5.69 Å². The number of aliphatic hydroxyl groups excluding tert-OH is 1. The molecule has 0 radical (unpaired) electrons. The van der Waals surface area contributed by atoms with Crippen molar-refractivity contribution >= 4 is 34.2 Å². The second-order valence-corrected chi connectivity index (χ2v) is 10.1. The van der Waals surface area contributed by atoms with Crippen LogP contribution in [0, 0.1) is 0 Å². The zero-order valence-electron chi connectivity index (χ0n) is 18.9. The molecule has 0 bridgehead atoms. The van der Waals surface area contributed by atoms with Crippen molar-refractivity contribution in [2.45, 2.75) is 36.0 Å². The first kappa shape index (κ1) is 25.0. The van der Waals surface area contributed by atoms with Crippen LogP contribution in [0.25, 0.3) is 0 Å². The summed E-state index contributed by atoms with van der Waals surface area (Å²) in [7, 11) is 1.47. The molecule has 1 unspecified atom stereocenters. The van der Waals surface area contributed by atoms with Crippen LogP contribution in [0.3, 0.4) is 0 Å². The molecule has 7 heteroatoms. The summed E-state index contributed by atoms with van der Waals surface area (Å²) in [5.74, 6) is -0.252. The van der Waals surface area contributed by atoms with E-state index in [1.807, 2.05) is 37.3 Å². The molecule has 0 aliphatic carbocycles. The van der Waals surface area contributed by atoms with Gasteiger partial charge < -0.3 is 20.3 Å². The van der Waals surface area contributed by atoms with Crippen molar-refractivity contribution in [1.82, 2.24) is 5.32 Å². The lowest BCUT2D eigenvalue weighted by atomic mass is 9.97. The van der Waals surface area contributed by atoms with Gasteiger partial charge in [-0.1, -0.05) is 84.1 Å². The minimum absolute atomic E-state index is 0.0489. The van der Waals surface area contributed by atoms with E-state index in [9.17, 15) is 15.0 Å². The molecule has 0 aliphatic heterocycles. The molecule has 0 aromatic heterocycles.